The summed E-state index contributed by atoms with van der Waals surface area (Å²) in [5.41, 5.74) is 2.13. The van der Waals surface area contributed by atoms with Gasteiger partial charge < -0.3 is 10.1 Å². The SMILES string of the molecule is N#Cc1ccc2nc([C@@H]3C[C@H]3C(=O)O)[nH]c2c1. The standard InChI is InChI=1S/C12H9N3O2/c13-5-6-1-2-9-10(3-6)15-11(14-9)7-4-8(7)12(16)17/h1-3,7-8H,4H2,(H,14,15)(H,16,17)/t7-,8-/m1/s1. The monoisotopic (exact) mass is 227 g/mol. The molecule has 0 aliphatic heterocycles. The van der Waals surface area contributed by atoms with Crippen LogP contribution in [0.2, 0.25) is 0 Å². The van der Waals surface area contributed by atoms with Crippen molar-refractivity contribution in [1.29, 1.82) is 5.26 Å². The van der Waals surface area contributed by atoms with Crippen LogP contribution in [0.3, 0.4) is 0 Å². The highest BCUT2D eigenvalue weighted by atomic mass is 16.4. The second-order valence-corrected chi connectivity index (χ2v) is 4.25. The quantitative estimate of drug-likeness (QED) is 0.815. The van der Waals surface area contributed by atoms with E-state index in [9.17, 15) is 4.79 Å². The number of H-pyrrole nitrogens is 1. The third-order valence-electron chi connectivity index (χ3n) is 3.09. The van der Waals surface area contributed by atoms with Gasteiger partial charge in [0.15, 0.2) is 0 Å². The van der Waals surface area contributed by atoms with Crippen LogP contribution in [-0.4, -0.2) is 21.0 Å². The van der Waals surface area contributed by atoms with Gasteiger partial charge in [0, 0.05) is 5.92 Å². The molecule has 1 aliphatic carbocycles. The van der Waals surface area contributed by atoms with Gasteiger partial charge >= 0.3 is 5.97 Å². The van der Waals surface area contributed by atoms with Crippen molar-refractivity contribution >= 4 is 17.0 Å². The molecule has 84 valence electrons. The molecule has 0 saturated heterocycles. The molecule has 3 rings (SSSR count). The zero-order valence-electron chi connectivity index (χ0n) is 8.84. The number of nitrogens with zero attached hydrogens (tertiary/aromatic N) is 2. The summed E-state index contributed by atoms with van der Waals surface area (Å²) in [4.78, 5) is 18.2. The molecule has 0 amide bonds. The molecule has 2 N–H and O–H groups in total. The van der Waals surface area contributed by atoms with E-state index in [-0.39, 0.29) is 11.8 Å². The van der Waals surface area contributed by atoms with Crippen molar-refractivity contribution in [2.45, 2.75) is 12.3 Å². The van der Waals surface area contributed by atoms with E-state index in [2.05, 4.69) is 16.0 Å². The second kappa shape index (κ2) is 3.32. The van der Waals surface area contributed by atoms with Gasteiger partial charge in [-0.2, -0.15) is 5.26 Å². The molecular weight excluding hydrogens is 218 g/mol. The number of hydrogen-bond acceptors (Lipinski definition) is 3. The molecule has 0 unspecified atom stereocenters. The Morgan fingerprint density at radius 2 is 2.41 bits per heavy atom. The summed E-state index contributed by atoms with van der Waals surface area (Å²) in [6, 6.07) is 7.26. The largest absolute Gasteiger partial charge is 0.481 e. The summed E-state index contributed by atoms with van der Waals surface area (Å²) in [5, 5.41) is 17.6. The van der Waals surface area contributed by atoms with Gasteiger partial charge in [0.05, 0.1) is 28.6 Å². The first kappa shape index (κ1) is 9.85. The van der Waals surface area contributed by atoms with Crippen LogP contribution < -0.4 is 0 Å². The number of carboxylic acids is 1. The summed E-state index contributed by atoms with van der Waals surface area (Å²) in [6.45, 7) is 0. The topological polar surface area (TPSA) is 89.8 Å². The summed E-state index contributed by atoms with van der Waals surface area (Å²) in [5.74, 6) is -0.382. The molecule has 0 radical (unpaired) electrons. The minimum atomic E-state index is -0.770. The van der Waals surface area contributed by atoms with Crippen molar-refractivity contribution in [3.05, 3.63) is 29.6 Å². The first-order chi connectivity index (χ1) is 8.19. The normalized spacial score (nSPS) is 22.3. The van der Waals surface area contributed by atoms with Gasteiger partial charge in [0.25, 0.3) is 0 Å². The van der Waals surface area contributed by atoms with Crippen molar-refractivity contribution in [2.24, 2.45) is 5.92 Å². The van der Waals surface area contributed by atoms with E-state index < -0.39 is 5.97 Å². The van der Waals surface area contributed by atoms with Crippen LogP contribution in [0.1, 0.15) is 23.7 Å². The maximum Gasteiger partial charge on any atom is 0.307 e. The van der Waals surface area contributed by atoms with E-state index in [0.717, 1.165) is 11.0 Å². The number of benzene rings is 1. The van der Waals surface area contributed by atoms with Gasteiger partial charge in [-0.15, -0.1) is 0 Å². The highest BCUT2D eigenvalue weighted by Gasteiger charge is 2.46. The molecule has 2 aromatic rings. The van der Waals surface area contributed by atoms with Gasteiger partial charge in [-0.3, -0.25) is 4.79 Å². The van der Waals surface area contributed by atoms with Crippen LogP contribution in [0.5, 0.6) is 0 Å². The third-order valence-corrected chi connectivity index (χ3v) is 3.09. The number of hydrogen-bond donors (Lipinski definition) is 2. The Bertz CT molecular complexity index is 653. The Hall–Kier alpha value is -2.35. The fraction of sp³-hybridized carbons (Fsp3) is 0.250. The van der Waals surface area contributed by atoms with E-state index in [0.29, 0.717) is 17.8 Å². The Kier molecular flexibility index (Phi) is 1.92. The van der Waals surface area contributed by atoms with Crippen LogP contribution >= 0.6 is 0 Å². The fourth-order valence-corrected chi connectivity index (χ4v) is 2.04. The van der Waals surface area contributed by atoms with Gasteiger partial charge in [-0.1, -0.05) is 0 Å². The number of nitrogens with one attached hydrogen (secondary N) is 1. The number of fused-ring (bicyclic) bond motifs is 1. The molecule has 1 aromatic carbocycles. The van der Waals surface area contributed by atoms with Gasteiger partial charge in [0.2, 0.25) is 0 Å². The summed E-state index contributed by atoms with van der Waals surface area (Å²) in [7, 11) is 0. The van der Waals surface area contributed by atoms with Crippen molar-refractivity contribution in [3.63, 3.8) is 0 Å². The third kappa shape index (κ3) is 1.54. The molecule has 5 heteroatoms. The molecule has 1 aliphatic rings. The van der Waals surface area contributed by atoms with Crippen LogP contribution in [-0.2, 0) is 4.79 Å². The molecule has 1 heterocycles. The lowest BCUT2D eigenvalue weighted by molar-refractivity contribution is -0.138. The number of carbonyl (C=O) groups is 1. The molecule has 5 nitrogen and oxygen atoms in total. The highest BCUT2D eigenvalue weighted by molar-refractivity contribution is 5.78. The molecule has 2 atom stereocenters. The van der Waals surface area contributed by atoms with Crippen LogP contribution in [0, 0.1) is 17.2 Å². The molecule has 1 aromatic heterocycles. The fourth-order valence-electron chi connectivity index (χ4n) is 2.04. The smallest absolute Gasteiger partial charge is 0.307 e. The van der Waals surface area contributed by atoms with Crippen molar-refractivity contribution in [2.75, 3.05) is 0 Å². The van der Waals surface area contributed by atoms with Crippen molar-refractivity contribution in [1.82, 2.24) is 9.97 Å². The Morgan fingerprint density at radius 3 is 3.06 bits per heavy atom. The highest BCUT2D eigenvalue weighted by Crippen LogP contribution is 2.46. The van der Waals surface area contributed by atoms with E-state index in [1.54, 1.807) is 18.2 Å². The van der Waals surface area contributed by atoms with Gasteiger partial charge in [-0.05, 0) is 24.6 Å². The lowest BCUT2D eigenvalue weighted by Crippen LogP contribution is -1.99. The predicted octanol–water partition coefficient (Wildman–Crippen LogP) is 1.62. The molecule has 17 heavy (non-hydrogen) atoms. The van der Waals surface area contributed by atoms with E-state index in [1.807, 2.05) is 0 Å². The van der Waals surface area contributed by atoms with E-state index >= 15 is 0 Å². The van der Waals surface area contributed by atoms with Crippen LogP contribution in [0.4, 0.5) is 0 Å². The average molecular weight is 227 g/mol. The minimum Gasteiger partial charge on any atom is -0.481 e. The minimum absolute atomic E-state index is 0.00886. The Morgan fingerprint density at radius 1 is 1.59 bits per heavy atom. The number of imidazole rings is 1. The van der Waals surface area contributed by atoms with Crippen molar-refractivity contribution < 1.29 is 9.90 Å². The first-order valence-corrected chi connectivity index (χ1v) is 5.31. The second-order valence-electron chi connectivity index (χ2n) is 4.25. The zero-order chi connectivity index (χ0) is 12.0. The molecule has 1 fully saturated rings. The first-order valence-electron chi connectivity index (χ1n) is 5.31. The van der Waals surface area contributed by atoms with Gasteiger partial charge in [-0.25, -0.2) is 4.98 Å². The number of aromatic nitrogens is 2. The number of aromatic amines is 1. The summed E-state index contributed by atoms with van der Waals surface area (Å²) < 4.78 is 0. The predicted molar refractivity (Wildman–Crippen MR) is 59.3 cm³/mol. The average Bonchev–Trinajstić information content (AvgIpc) is 3.02. The number of nitriles is 1. The molecular formula is C12H9N3O2. The molecule has 1 saturated carbocycles. The number of aliphatic carboxylic acids is 1. The molecule has 0 bridgehead atoms. The van der Waals surface area contributed by atoms with Crippen molar-refractivity contribution in [3.8, 4) is 6.07 Å². The lowest BCUT2D eigenvalue weighted by atomic mass is 10.2. The van der Waals surface area contributed by atoms with Crippen LogP contribution in [0.15, 0.2) is 18.2 Å². The summed E-state index contributed by atoms with van der Waals surface area (Å²) >= 11 is 0. The lowest BCUT2D eigenvalue weighted by Gasteiger charge is -1.89. The number of rotatable bonds is 2. The number of carboxylic acid groups (broad SMARTS) is 1. The van der Waals surface area contributed by atoms with E-state index in [4.69, 9.17) is 10.4 Å². The molecule has 0 spiro atoms. The zero-order valence-corrected chi connectivity index (χ0v) is 8.84. The Balaban J connectivity index is 1.98. The van der Waals surface area contributed by atoms with E-state index in [1.165, 1.54) is 0 Å². The Labute approximate surface area is 96.7 Å². The maximum atomic E-state index is 10.8. The maximum absolute atomic E-state index is 10.8. The van der Waals surface area contributed by atoms with Gasteiger partial charge in [0.1, 0.15) is 5.82 Å². The van der Waals surface area contributed by atoms with Crippen LogP contribution in [0.25, 0.3) is 11.0 Å². The summed E-state index contributed by atoms with van der Waals surface area (Å²) in [6.07, 6.45) is 0.639.